The number of benzene rings is 1. The Balaban J connectivity index is 1.76. The quantitative estimate of drug-likeness (QED) is 0.708. The van der Waals surface area contributed by atoms with Crippen molar-refractivity contribution in [1.82, 2.24) is 14.7 Å². The second kappa shape index (κ2) is 6.83. The SMILES string of the molecule is Cc1ccc(-c2nn(-c3ccccc3)cc2C(=O)N2CCC[C@H](C)C2)o1. The highest BCUT2D eigenvalue weighted by atomic mass is 16.3. The van der Waals surface area contributed by atoms with E-state index < -0.39 is 0 Å². The molecule has 5 heteroatoms. The Morgan fingerprint density at radius 2 is 2.00 bits per heavy atom. The van der Waals surface area contributed by atoms with E-state index in [2.05, 4.69) is 12.0 Å². The first-order valence-corrected chi connectivity index (χ1v) is 9.13. The minimum absolute atomic E-state index is 0.0304. The molecule has 3 heterocycles. The maximum Gasteiger partial charge on any atom is 0.257 e. The van der Waals surface area contributed by atoms with Crippen molar-refractivity contribution in [3.05, 3.63) is 60.0 Å². The highest BCUT2D eigenvalue weighted by Crippen LogP contribution is 2.28. The van der Waals surface area contributed by atoms with Gasteiger partial charge in [-0.15, -0.1) is 0 Å². The van der Waals surface area contributed by atoms with Crippen LogP contribution in [0, 0.1) is 12.8 Å². The second-order valence-corrected chi connectivity index (χ2v) is 7.08. The van der Waals surface area contributed by atoms with Crippen molar-refractivity contribution in [3.63, 3.8) is 0 Å². The number of furan rings is 1. The van der Waals surface area contributed by atoms with Crippen LogP contribution in [-0.4, -0.2) is 33.7 Å². The van der Waals surface area contributed by atoms with Crippen LogP contribution in [0.25, 0.3) is 17.1 Å². The Kier molecular flexibility index (Phi) is 4.37. The maximum atomic E-state index is 13.2. The van der Waals surface area contributed by atoms with Gasteiger partial charge < -0.3 is 9.32 Å². The second-order valence-electron chi connectivity index (χ2n) is 7.08. The van der Waals surface area contributed by atoms with Crippen molar-refractivity contribution in [2.75, 3.05) is 13.1 Å². The number of aromatic nitrogens is 2. The molecule has 3 aromatic rings. The number of hydrogen-bond donors (Lipinski definition) is 0. The first-order valence-electron chi connectivity index (χ1n) is 9.13. The Morgan fingerprint density at radius 3 is 2.69 bits per heavy atom. The van der Waals surface area contributed by atoms with Crippen LogP contribution in [0.2, 0.25) is 0 Å². The lowest BCUT2D eigenvalue weighted by atomic mass is 9.99. The lowest BCUT2D eigenvalue weighted by Crippen LogP contribution is -2.39. The van der Waals surface area contributed by atoms with Crippen molar-refractivity contribution in [1.29, 1.82) is 0 Å². The Bertz CT molecular complexity index is 910. The predicted octanol–water partition coefficient (Wildman–Crippen LogP) is 4.31. The Labute approximate surface area is 153 Å². The van der Waals surface area contributed by atoms with E-state index in [0.717, 1.165) is 31.0 Å². The molecule has 0 saturated carbocycles. The van der Waals surface area contributed by atoms with Crippen molar-refractivity contribution in [3.8, 4) is 17.1 Å². The predicted molar refractivity (Wildman–Crippen MR) is 100 cm³/mol. The van der Waals surface area contributed by atoms with Crippen molar-refractivity contribution < 1.29 is 9.21 Å². The van der Waals surface area contributed by atoms with Crippen LogP contribution >= 0.6 is 0 Å². The van der Waals surface area contributed by atoms with Gasteiger partial charge in [0, 0.05) is 19.3 Å². The molecule has 1 aromatic carbocycles. The fraction of sp³-hybridized carbons (Fsp3) is 0.333. The van der Waals surface area contributed by atoms with Crippen LogP contribution in [-0.2, 0) is 0 Å². The number of carbonyl (C=O) groups is 1. The third-order valence-electron chi connectivity index (χ3n) is 4.88. The lowest BCUT2D eigenvalue weighted by Gasteiger charge is -2.30. The number of nitrogens with zero attached hydrogens (tertiary/aromatic N) is 3. The number of rotatable bonds is 3. The molecule has 0 radical (unpaired) electrons. The molecule has 5 nitrogen and oxygen atoms in total. The largest absolute Gasteiger partial charge is 0.460 e. The fourth-order valence-electron chi connectivity index (χ4n) is 3.53. The third kappa shape index (κ3) is 3.17. The van der Waals surface area contributed by atoms with E-state index in [9.17, 15) is 4.79 Å². The molecule has 4 rings (SSSR count). The summed E-state index contributed by atoms with van der Waals surface area (Å²) in [7, 11) is 0. The van der Waals surface area contributed by atoms with Crippen LogP contribution in [0.15, 0.2) is 53.1 Å². The average molecular weight is 349 g/mol. The standard InChI is InChI=1S/C21H23N3O2/c1-15-7-6-12-23(13-15)21(25)18-14-24(17-8-4-3-5-9-17)22-20(18)19-11-10-16(2)26-19/h3-5,8-11,14-15H,6-7,12-13H2,1-2H3/t15-/m0/s1. The summed E-state index contributed by atoms with van der Waals surface area (Å²) in [5.41, 5.74) is 2.12. The molecular formula is C21H23N3O2. The molecule has 1 aliphatic rings. The van der Waals surface area contributed by atoms with Crippen molar-refractivity contribution in [2.45, 2.75) is 26.7 Å². The minimum Gasteiger partial charge on any atom is -0.460 e. The van der Waals surface area contributed by atoms with Gasteiger partial charge in [0.25, 0.3) is 5.91 Å². The van der Waals surface area contributed by atoms with Gasteiger partial charge in [0.1, 0.15) is 11.5 Å². The number of amides is 1. The molecule has 0 unspecified atom stereocenters. The Morgan fingerprint density at radius 1 is 1.19 bits per heavy atom. The van der Waals surface area contributed by atoms with E-state index in [1.165, 1.54) is 6.42 Å². The van der Waals surface area contributed by atoms with E-state index in [1.54, 1.807) is 4.68 Å². The summed E-state index contributed by atoms with van der Waals surface area (Å²) in [6.45, 7) is 5.69. The van der Waals surface area contributed by atoms with E-state index in [-0.39, 0.29) is 5.91 Å². The van der Waals surface area contributed by atoms with Gasteiger partial charge in [-0.05, 0) is 49.9 Å². The molecule has 26 heavy (non-hydrogen) atoms. The zero-order valence-electron chi connectivity index (χ0n) is 15.2. The normalized spacial score (nSPS) is 17.5. The van der Waals surface area contributed by atoms with Crippen LogP contribution in [0.1, 0.15) is 35.9 Å². The maximum absolute atomic E-state index is 13.2. The highest BCUT2D eigenvalue weighted by molar-refractivity contribution is 5.99. The molecular weight excluding hydrogens is 326 g/mol. The minimum atomic E-state index is 0.0304. The average Bonchev–Trinajstić information content (AvgIpc) is 3.28. The van der Waals surface area contributed by atoms with Crippen LogP contribution in [0.4, 0.5) is 0 Å². The third-order valence-corrected chi connectivity index (χ3v) is 4.88. The van der Waals surface area contributed by atoms with Gasteiger partial charge in [0.15, 0.2) is 5.76 Å². The summed E-state index contributed by atoms with van der Waals surface area (Å²) < 4.78 is 7.53. The molecule has 1 atom stereocenters. The number of hydrogen-bond acceptors (Lipinski definition) is 3. The molecule has 1 amide bonds. The number of aryl methyl sites for hydroxylation is 1. The van der Waals surface area contributed by atoms with E-state index in [1.807, 2.05) is 60.5 Å². The van der Waals surface area contributed by atoms with Gasteiger partial charge in [-0.25, -0.2) is 4.68 Å². The molecule has 0 bridgehead atoms. The molecule has 2 aromatic heterocycles. The monoisotopic (exact) mass is 349 g/mol. The summed E-state index contributed by atoms with van der Waals surface area (Å²) in [4.78, 5) is 15.2. The zero-order chi connectivity index (χ0) is 18.1. The zero-order valence-corrected chi connectivity index (χ0v) is 15.2. The Hall–Kier alpha value is -2.82. The van der Waals surface area contributed by atoms with Crippen LogP contribution in [0.5, 0.6) is 0 Å². The van der Waals surface area contributed by atoms with Crippen LogP contribution < -0.4 is 0 Å². The number of para-hydroxylation sites is 1. The summed E-state index contributed by atoms with van der Waals surface area (Å²) in [5.74, 6) is 2.00. The lowest BCUT2D eigenvalue weighted by molar-refractivity contribution is 0.0683. The topological polar surface area (TPSA) is 51.3 Å². The summed E-state index contributed by atoms with van der Waals surface area (Å²) >= 11 is 0. The highest BCUT2D eigenvalue weighted by Gasteiger charge is 2.27. The van der Waals surface area contributed by atoms with E-state index in [4.69, 9.17) is 4.42 Å². The van der Waals surface area contributed by atoms with E-state index in [0.29, 0.717) is 22.9 Å². The van der Waals surface area contributed by atoms with Crippen molar-refractivity contribution >= 4 is 5.91 Å². The molecule has 134 valence electrons. The van der Waals surface area contributed by atoms with Crippen molar-refractivity contribution in [2.24, 2.45) is 5.92 Å². The molecule has 0 aliphatic carbocycles. The first kappa shape index (κ1) is 16.6. The molecule has 1 aliphatic heterocycles. The van der Waals surface area contributed by atoms with Gasteiger partial charge in [-0.3, -0.25) is 4.79 Å². The summed E-state index contributed by atoms with van der Waals surface area (Å²) in [6.07, 6.45) is 4.05. The fourth-order valence-corrected chi connectivity index (χ4v) is 3.53. The molecule has 0 N–H and O–H groups in total. The van der Waals surface area contributed by atoms with Gasteiger partial charge in [-0.1, -0.05) is 25.1 Å². The number of piperidine rings is 1. The van der Waals surface area contributed by atoms with Crippen LogP contribution in [0.3, 0.4) is 0 Å². The molecule has 1 saturated heterocycles. The first-order chi connectivity index (χ1) is 12.6. The van der Waals surface area contributed by atoms with Gasteiger partial charge in [-0.2, -0.15) is 5.10 Å². The van der Waals surface area contributed by atoms with Gasteiger partial charge in [0.2, 0.25) is 0 Å². The number of carbonyl (C=O) groups excluding carboxylic acids is 1. The summed E-state index contributed by atoms with van der Waals surface area (Å²) in [6, 6.07) is 13.6. The van der Waals surface area contributed by atoms with Gasteiger partial charge in [0.05, 0.1) is 11.3 Å². The van der Waals surface area contributed by atoms with Gasteiger partial charge >= 0.3 is 0 Å². The molecule has 0 spiro atoms. The molecule has 1 fully saturated rings. The van der Waals surface area contributed by atoms with E-state index >= 15 is 0 Å². The summed E-state index contributed by atoms with van der Waals surface area (Å²) in [5, 5.41) is 4.67. The smallest absolute Gasteiger partial charge is 0.257 e. The number of likely N-dealkylation sites (tertiary alicyclic amines) is 1.